The van der Waals surface area contributed by atoms with E-state index >= 15 is 0 Å². The van der Waals surface area contributed by atoms with Crippen LogP contribution in [0.3, 0.4) is 0 Å². The summed E-state index contributed by atoms with van der Waals surface area (Å²) in [4.78, 5) is 0. The third kappa shape index (κ3) is 2.71. The van der Waals surface area contributed by atoms with Crippen molar-refractivity contribution in [2.75, 3.05) is 7.05 Å². The van der Waals surface area contributed by atoms with Gasteiger partial charge in [-0.15, -0.1) is 0 Å². The molecule has 0 radical (unpaired) electrons. The predicted octanol–water partition coefficient (Wildman–Crippen LogP) is 2.10. The van der Waals surface area contributed by atoms with Crippen molar-refractivity contribution in [2.24, 2.45) is 0 Å². The Kier molecular flexibility index (Phi) is 3.54. The van der Waals surface area contributed by atoms with Crippen molar-refractivity contribution >= 4 is 0 Å². The Morgan fingerprint density at radius 2 is 2.18 bits per heavy atom. The van der Waals surface area contributed by atoms with Crippen LogP contribution in [0.1, 0.15) is 16.8 Å². The summed E-state index contributed by atoms with van der Waals surface area (Å²) in [5, 5.41) is 7.22. The van der Waals surface area contributed by atoms with Gasteiger partial charge in [-0.2, -0.15) is 5.10 Å². The first-order valence-electron chi connectivity index (χ1n) is 5.61. The zero-order chi connectivity index (χ0) is 12.3. The van der Waals surface area contributed by atoms with Crippen LogP contribution in [0.15, 0.2) is 30.5 Å². The molecule has 1 aromatic heterocycles. The van der Waals surface area contributed by atoms with Gasteiger partial charge in [0.25, 0.3) is 0 Å². The number of halogens is 1. The summed E-state index contributed by atoms with van der Waals surface area (Å²) in [6.45, 7) is 3.18. The predicted molar refractivity (Wildman–Crippen MR) is 65.2 cm³/mol. The molecule has 0 saturated carbocycles. The molecule has 1 N–H and O–H groups in total. The van der Waals surface area contributed by atoms with Crippen LogP contribution in [-0.2, 0) is 13.1 Å². The van der Waals surface area contributed by atoms with Gasteiger partial charge >= 0.3 is 0 Å². The fourth-order valence-electron chi connectivity index (χ4n) is 1.79. The number of rotatable bonds is 4. The van der Waals surface area contributed by atoms with Gasteiger partial charge in [-0.1, -0.05) is 6.07 Å². The van der Waals surface area contributed by atoms with Crippen LogP contribution in [-0.4, -0.2) is 16.8 Å². The Bertz CT molecular complexity index is 505. The fraction of sp³-hybridized carbons (Fsp3) is 0.308. The highest BCUT2D eigenvalue weighted by Crippen LogP contribution is 2.13. The molecule has 2 rings (SSSR count). The van der Waals surface area contributed by atoms with Gasteiger partial charge in [0.1, 0.15) is 5.82 Å². The molecule has 0 unspecified atom stereocenters. The third-order valence-corrected chi connectivity index (χ3v) is 2.74. The lowest BCUT2D eigenvalue weighted by Crippen LogP contribution is -2.09. The van der Waals surface area contributed by atoms with Gasteiger partial charge in [-0.3, -0.25) is 4.68 Å². The minimum atomic E-state index is -0.181. The Balaban J connectivity index is 2.25. The summed E-state index contributed by atoms with van der Waals surface area (Å²) in [6, 6.07) is 7.11. The zero-order valence-corrected chi connectivity index (χ0v) is 10.1. The van der Waals surface area contributed by atoms with Crippen LogP contribution in [0.2, 0.25) is 0 Å². The maximum atomic E-state index is 13.7. The minimum Gasteiger partial charge on any atom is -0.316 e. The molecule has 90 valence electrons. The van der Waals surface area contributed by atoms with Gasteiger partial charge in [0.05, 0.1) is 6.54 Å². The molecular formula is C13H16FN3. The SMILES string of the molecule is CNCc1ccc(F)c(Cn2nccc2C)c1. The first-order valence-corrected chi connectivity index (χ1v) is 5.61. The Morgan fingerprint density at radius 1 is 1.35 bits per heavy atom. The van der Waals surface area contributed by atoms with Crippen LogP contribution in [0, 0.1) is 12.7 Å². The lowest BCUT2D eigenvalue weighted by Gasteiger charge is -2.08. The Hall–Kier alpha value is -1.68. The molecule has 0 aliphatic rings. The van der Waals surface area contributed by atoms with Crippen LogP contribution in [0.4, 0.5) is 4.39 Å². The highest BCUT2D eigenvalue weighted by molar-refractivity contribution is 5.25. The van der Waals surface area contributed by atoms with Crippen molar-refractivity contribution in [3.63, 3.8) is 0 Å². The lowest BCUT2D eigenvalue weighted by atomic mass is 10.1. The molecule has 0 amide bonds. The molecule has 0 bridgehead atoms. The number of benzene rings is 1. The van der Waals surface area contributed by atoms with E-state index in [0.717, 1.165) is 17.8 Å². The molecular weight excluding hydrogens is 217 g/mol. The van der Waals surface area contributed by atoms with E-state index < -0.39 is 0 Å². The summed E-state index contributed by atoms with van der Waals surface area (Å²) in [7, 11) is 1.88. The molecule has 17 heavy (non-hydrogen) atoms. The Labute approximate surface area is 100 Å². The first kappa shape index (κ1) is 11.8. The number of hydrogen-bond donors (Lipinski definition) is 1. The first-order chi connectivity index (χ1) is 8.20. The van der Waals surface area contributed by atoms with Crippen molar-refractivity contribution in [1.82, 2.24) is 15.1 Å². The number of aromatic nitrogens is 2. The molecule has 3 nitrogen and oxygen atoms in total. The van der Waals surface area contributed by atoms with E-state index in [-0.39, 0.29) is 5.82 Å². The van der Waals surface area contributed by atoms with E-state index in [1.54, 1.807) is 16.9 Å². The average Bonchev–Trinajstić information content (AvgIpc) is 2.70. The molecule has 2 aromatic rings. The van der Waals surface area contributed by atoms with Gasteiger partial charge < -0.3 is 5.32 Å². The van der Waals surface area contributed by atoms with E-state index in [4.69, 9.17) is 0 Å². The van der Waals surface area contributed by atoms with Crippen molar-refractivity contribution in [3.8, 4) is 0 Å². The molecule has 0 spiro atoms. The quantitative estimate of drug-likeness (QED) is 0.876. The topological polar surface area (TPSA) is 29.9 Å². The van der Waals surface area contributed by atoms with Crippen molar-refractivity contribution < 1.29 is 4.39 Å². The number of hydrogen-bond acceptors (Lipinski definition) is 2. The van der Waals surface area contributed by atoms with Gasteiger partial charge in [0, 0.05) is 24.0 Å². The third-order valence-electron chi connectivity index (χ3n) is 2.74. The van der Waals surface area contributed by atoms with Crippen LogP contribution >= 0.6 is 0 Å². The lowest BCUT2D eigenvalue weighted by molar-refractivity contribution is 0.578. The summed E-state index contributed by atoms with van der Waals surface area (Å²) in [5.41, 5.74) is 2.78. The maximum absolute atomic E-state index is 13.7. The Morgan fingerprint density at radius 3 is 2.82 bits per heavy atom. The van der Waals surface area contributed by atoms with Crippen LogP contribution in [0.25, 0.3) is 0 Å². The molecule has 1 heterocycles. The van der Waals surface area contributed by atoms with Gasteiger partial charge in [0.15, 0.2) is 0 Å². The highest BCUT2D eigenvalue weighted by atomic mass is 19.1. The normalized spacial score (nSPS) is 10.8. The van der Waals surface area contributed by atoms with Crippen molar-refractivity contribution in [1.29, 1.82) is 0 Å². The highest BCUT2D eigenvalue weighted by Gasteiger charge is 2.06. The van der Waals surface area contributed by atoms with E-state index in [0.29, 0.717) is 12.1 Å². The maximum Gasteiger partial charge on any atom is 0.128 e. The second-order valence-electron chi connectivity index (χ2n) is 4.09. The molecule has 0 saturated heterocycles. The van der Waals surface area contributed by atoms with Gasteiger partial charge in [-0.05, 0) is 37.7 Å². The van der Waals surface area contributed by atoms with E-state index in [9.17, 15) is 4.39 Å². The molecule has 4 heteroatoms. The monoisotopic (exact) mass is 233 g/mol. The number of aryl methyl sites for hydroxylation is 1. The fourth-order valence-corrected chi connectivity index (χ4v) is 1.79. The van der Waals surface area contributed by atoms with Crippen molar-refractivity contribution in [2.45, 2.75) is 20.0 Å². The largest absolute Gasteiger partial charge is 0.316 e. The summed E-state index contributed by atoms with van der Waals surface area (Å²) in [5.74, 6) is -0.181. The van der Waals surface area contributed by atoms with Crippen molar-refractivity contribution in [3.05, 3.63) is 53.1 Å². The standard InChI is InChI=1S/C13H16FN3/c1-10-5-6-16-17(10)9-12-7-11(8-15-2)3-4-13(12)14/h3-7,15H,8-9H2,1-2H3. The summed E-state index contributed by atoms with van der Waals surface area (Å²) in [6.07, 6.45) is 1.73. The molecule has 0 aliphatic heterocycles. The van der Waals surface area contributed by atoms with E-state index in [2.05, 4.69) is 10.4 Å². The second-order valence-corrected chi connectivity index (χ2v) is 4.09. The molecule has 0 fully saturated rings. The van der Waals surface area contributed by atoms with E-state index in [1.165, 1.54) is 6.07 Å². The summed E-state index contributed by atoms with van der Waals surface area (Å²) >= 11 is 0. The summed E-state index contributed by atoms with van der Waals surface area (Å²) < 4.78 is 15.5. The smallest absolute Gasteiger partial charge is 0.128 e. The number of nitrogens with one attached hydrogen (secondary N) is 1. The molecule has 0 atom stereocenters. The second kappa shape index (κ2) is 5.10. The van der Waals surface area contributed by atoms with Crippen LogP contribution in [0.5, 0.6) is 0 Å². The van der Waals surface area contributed by atoms with E-state index in [1.807, 2.05) is 26.1 Å². The van der Waals surface area contributed by atoms with Gasteiger partial charge in [0.2, 0.25) is 0 Å². The molecule has 1 aromatic carbocycles. The van der Waals surface area contributed by atoms with Crippen LogP contribution < -0.4 is 5.32 Å². The number of nitrogens with zero attached hydrogens (tertiary/aromatic N) is 2. The minimum absolute atomic E-state index is 0.181. The molecule has 0 aliphatic carbocycles. The van der Waals surface area contributed by atoms with Gasteiger partial charge in [-0.25, -0.2) is 4.39 Å². The zero-order valence-electron chi connectivity index (χ0n) is 10.1. The average molecular weight is 233 g/mol.